The number of aromatic nitrogens is 3. The molecule has 2 aromatic carbocycles. The lowest BCUT2D eigenvalue weighted by molar-refractivity contribution is 0.0865. The van der Waals surface area contributed by atoms with Crippen molar-refractivity contribution in [3.05, 3.63) is 89.9 Å². The summed E-state index contributed by atoms with van der Waals surface area (Å²) in [6.45, 7) is 0.480. The molecule has 1 aliphatic carbocycles. The average molecular weight is 508 g/mol. The molecule has 3 aliphatic rings. The summed E-state index contributed by atoms with van der Waals surface area (Å²) in [5.74, 6) is 1.57. The van der Waals surface area contributed by atoms with E-state index in [1.165, 1.54) is 12.3 Å². The molecule has 8 nitrogen and oxygen atoms in total. The zero-order valence-electron chi connectivity index (χ0n) is 20.9. The third-order valence-electron chi connectivity index (χ3n) is 7.59. The van der Waals surface area contributed by atoms with Gasteiger partial charge in [0.05, 0.1) is 30.5 Å². The van der Waals surface area contributed by atoms with Crippen molar-refractivity contribution in [3.8, 4) is 11.3 Å². The number of anilines is 3. The predicted octanol–water partition coefficient (Wildman–Crippen LogP) is 5.06. The van der Waals surface area contributed by atoms with E-state index in [2.05, 4.69) is 15.2 Å². The molecule has 4 heterocycles. The molecular weight excluding hydrogens is 481 g/mol. The number of hydrogen-bond acceptors (Lipinski definition) is 6. The Hall–Kier alpha value is -4.53. The molecule has 4 aromatic rings. The molecule has 0 saturated heterocycles. The lowest BCUT2D eigenvalue weighted by atomic mass is 10.1. The molecule has 7 rings (SSSR count). The fourth-order valence-corrected chi connectivity index (χ4v) is 5.74. The van der Waals surface area contributed by atoms with Gasteiger partial charge in [-0.05, 0) is 49.1 Å². The van der Waals surface area contributed by atoms with Crippen LogP contribution in [-0.4, -0.2) is 50.7 Å². The van der Waals surface area contributed by atoms with Gasteiger partial charge in [0.15, 0.2) is 5.82 Å². The minimum absolute atomic E-state index is 0.114. The quantitative estimate of drug-likeness (QED) is 0.409. The van der Waals surface area contributed by atoms with Crippen molar-refractivity contribution in [2.24, 2.45) is 4.99 Å². The van der Waals surface area contributed by atoms with Crippen LogP contribution in [0.25, 0.3) is 11.3 Å². The van der Waals surface area contributed by atoms with Crippen LogP contribution in [0.2, 0.25) is 0 Å². The summed E-state index contributed by atoms with van der Waals surface area (Å²) in [4.78, 5) is 26.7. The van der Waals surface area contributed by atoms with E-state index in [9.17, 15) is 9.18 Å². The first-order chi connectivity index (χ1) is 18.6. The Labute approximate surface area is 219 Å². The van der Waals surface area contributed by atoms with Gasteiger partial charge in [-0.2, -0.15) is 5.10 Å². The molecule has 1 fully saturated rings. The number of carbonyl (C=O) groups is 1. The average Bonchev–Trinajstić information content (AvgIpc) is 3.63. The van der Waals surface area contributed by atoms with Crippen LogP contribution in [0.5, 0.6) is 0 Å². The van der Waals surface area contributed by atoms with Crippen LogP contribution in [-0.2, 0) is 6.54 Å². The van der Waals surface area contributed by atoms with Gasteiger partial charge >= 0.3 is 0 Å². The standard InChI is InChI=1S/C29H26FN7O/c1-35-28(38)25-26(32-21-6-3-2-4-7-21)34-36(27(25)37-24-9-5-8-23(24)33-29(35)37)17-18-10-12-19(13-11-18)22-15-14-20(30)16-31-22/h2-4,6-7,10-16,23-24H,5,8-9,17H2,1H3,(H,32,34)/t23-,24?/m1/s1. The SMILES string of the molecule is CN1C(=O)c2c(Nc3ccccc3)nn(Cc3ccc(-c4ccc(F)cn4)cc3)c2N2C1=N[C@@H]1CCCC12. The molecular formula is C29H26FN7O. The Kier molecular flexibility index (Phi) is 5.24. The predicted molar refractivity (Wildman–Crippen MR) is 144 cm³/mol. The van der Waals surface area contributed by atoms with E-state index in [1.807, 2.05) is 59.3 Å². The van der Waals surface area contributed by atoms with Crippen LogP contribution in [0.3, 0.4) is 0 Å². The normalized spacial score (nSPS) is 19.7. The highest BCUT2D eigenvalue weighted by molar-refractivity contribution is 6.21. The van der Waals surface area contributed by atoms with E-state index < -0.39 is 0 Å². The molecule has 1 saturated carbocycles. The van der Waals surface area contributed by atoms with E-state index >= 15 is 0 Å². The lowest BCUT2D eigenvalue weighted by Gasteiger charge is -2.35. The van der Waals surface area contributed by atoms with Crippen molar-refractivity contribution < 1.29 is 9.18 Å². The zero-order chi connectivity index (χ0) is 25.8. The molecule has 190 valence electrons. The van der Waals surface area contributed by atoms with Gasteiger partial charge in [0.1, 0.15) is 17.2 Å². The molecule has 0 bridgehead atoms. The fraction of sp³-hybridized carbons (Fsp3) is 0.241. The number of fused-ring (bicyclic) bond motifs is 5. The number of hydrogen-bond donors (Lipinski definition) is 1. The molecule has 1 unspecified atom stereocenters. The number of nitrogens with one attached hydrogen (secondary N) is 1. The maximum atomic E-state index is 13.7. The minimum Gasteiger partial charge on any atom is -0.338 e. The molecule has 2 aromatic heterocycles. The van der Waals surface area contributed by atoms with Gasteiger partial charge in [-0.15, -0.1) is 0 Å². The number of halogens is 1. The minimum atomic E-state index is -0.358. The molecule has 9 heteroatoms. The second kappa shape index (κ2) is 8.79. The first kappa shape index (κ1) is 22.7. The van der Waals surface area contributed by atoms with E-state index in [0.29, 0.717) is 29.6 Å². The summed E-state index contributed by atoms with van der Waals surface area (Å²) in [5, 5.41) is 8.32. The molecule has 0 radical (unpaired) electrons. The number of carbonyl (C=O) groups excluding carboxylic acids is 1. The summed E-state index contributed by atoms with van der Waals surface area (Å²) < 4.78 is 15.2. The van der Waals surface area contributed by atoms with E-state index in [-0.39, 0.29) is 23.8 Å². The van der Waals surface area contributed by atoms with E-state index in [1.54, 1.807) is 18.0 Å². The van der Waals surface area contributed by atoms with Crippen molar-refractivity contribution in [1.82, 2.24) is 19.7 Å². The number of nitrogens with zero attached hydrogens (tertiary/aromatic N) is 6. The molecule has 2 aliphatic heterocycles. The van der Waals surface area contributed by atoms with Crippen molar-refractivity contribution in [3.63, 3.8) is 0 Å². The fourth-order valence-electron chi connectivity index (χ4n) is 5.74. The van der Waals surface area contributed by atoms with Gasteiger partial charge in [0, 0.05) is 18.3 Å². The molecule has 1 amide bonds. The van der Waals surface area contributed by atoms with Crippen LogP contribution in [0.15, 0.2) is 77.9 Å². The second-order valence-corrected chi connectivity index (χ2v) is 9.98. The summed E-state index contributed by atoms with van der Waals surface area (Å²) in [7, 11) is 1.80. The van der Waals surface area contributed by atoms with E-state index in [0.717, 1.165) is 41.9 Å². The van der Waals surface area contributed by atoms with Gasteiger partial charge < -0.3 is 5.32 Å². The van der Waals surface area contributed by atoms with Crippen LogP contribution in [0.1, 0.15) is 35.2 Å². The highest BCUT2D eigenvalue weighted by Crippen LogP contribution is 2.43. The Morgan fingerprint density at radius 2 is 1.84 bits per heavy atom. The number of guanidine groups is 1. The Balaban J connectivity index is 1.29. The largest absolute Gasteiger partial charge is 0.338 e. The first-order valence-corrected chi connectivity index (χ1v) is 12.9. The number of rotatable bonds is 5. The third-order valence-corrected chi connectivity index (χ3v) is 7.59. The lowest BCUT2D eigenvalue weighted by Crippen LogP contribution is -2.52. The van der Waals surface area contributed by atoms with Crippen LogP contribution in [0, 0.1) is 5.82 Å². The summed E-state index contributed by atoms with van der Waals surface area (Å²) in [6, 6.07) is 21.3. The number of para-hydroxylation sites is 1. The van der Waals surface area contributed by atoms with Crippen molar-refractivity contribution in [1.29, 1.82) is 0 Å². The Morgan fingerprint density at radius 1 is 1.03 bits per heavy atom. The van der Waals surface area contributed by atoms with Crippen molar-refractivity contribution in [2.75, 3.05) is 17.3 Å². The Morgan fingerprint density at radius 3 is 2.61 bits per heavy atom. The molecule has 0 spiro atoms. The highest BCUT2D eigenvalue weighted by Gasteiger charge is 2.49. The van der Waals surface area contributed by atoms with Gasteiger partial charge in [-0.3, -0.25) is 19.6 Å². The number of benzene rings is 2. The number of amides is 1. The molecule has 2 atom stereocenters. The molecule has 38 heavy (non-hydrogen) atoms. The monoisotopic (exact) mass is 507 g/mol. The van der Waals surface area contributed by atoms with Gasteiger partial charge in [-0.25, -0.2) is 14.1 Å². The second-order valence-electron chi connectivity index (χ2n) is 9.98. The van der Waals surface area contributed by atoms with Gasteiger partial charge in [-0.1, -0.05) is 42.5 Å². The maximum Gasteiger partial charge on any atom is 0.267 e. The number of aliphatic imine (C=N–C) groups is 1. The summed E-state index contributed by atoms with van der Waals surface area (Å²) >= 11 is 0. The van der Waals surface area contributed by atoms with Crippen LogP contribution < -0.4 is 10.2 Å². The third kappa shape index (κ3) is 3.65. The maximum absolute atomic E-state index is 13.7. The number of pyridine rings is 1. The van der Waals surface area contributed by atoms with E-state index in [4.69, 9.17) is 10.1 Å². The van der Waals surface area contributed by atoms with Gasteiger partial charge in [0.25, 0.3) is 5.91 Å². The topological polar surface area (TPSA) is 78.7 Å². The molecule has 1 N–H and O–H groups in total. The smallest absolute Gasteiger partial charge is 0.267 e. The van der Waals surface area contributed by atoms with Crippen molar-refractivity contribution in [2.45, 2.75) is 37.9 Å². The van der Waals surface area contributed by atoms with Gasteiger partial charge in [0.2, 0.25) is 5.96 Å². The highest BCUT2D eigenvalue weighted by atomic mass is 19.1. The first-order valence-electron chi connectivity index (χ1n) is 12.9. The summed E-state index contributed by atoms with van der Waals surface area (Å²) in [5.41, 5.74) is 4.07. The van der Waals surface area contributed by atoms with Crippen LogP contribution in [0.4, 0.5) is 21.7 Å². The summed E-state index contributed by atoms with van der Waals surface area (Å²) in [6.07, 6.45) is 4.41. The Bertz CT molecular complexity index is 1550. The zero-order valence-corrected chi connectivity index (χ0v) is 20.9. The van der Waals surface area contributed by atoms with Crippen LogP contribution >= 0.6 is 0 Å². The van der Waals surface area contributed by atoms with Crippen molar-refractivity contribution >= 4 is 29.2 Å².